The number of hydrogen-bond donors (Lipinski definition) is 0. The molecular weight excluding hydrogens is 236 g/mol. The van der Waals surface area contributed by atoms with Crippen LogP contribution in [0.4, 0.5) is 0 Å². The minimum atomic E-state index is 0.265. The lowest BCUT2D eigenvalue weighted by Gasteiger charge is -2.13. The summed E-state index contributed by atoms with van der Waals surface area (Å²) < 4.78 is 2.05. The highest BCUT2D eigenvalue weighted by molar-refractivity contribution is 6.30. The first-order valence-electron chi connectivity index (χ1n) is 5.67. The van der Waals surface area contributed by atoms with Gasteiger partial charge >= 0.3 is 0 Å². The molecule has 0 saturated heterocycles. The first-order valence-corrected chi connectivity index (χ1v) is 6.04. The van der Waals surface area contributed by atoms with E-state index in [9.17, 15) is 0 Å². The second kappa shape index (κ2) is 4.84. The lowest BCUT2D eigenvalue weighted by atomic mass is 10.0. The standard InChI is InChI=1S/C12H15ClN4/c1-4-17-6-5-14-12(17)10-9(8(2)3)11(13)16-7-15-10/h5-8H,4H2,1-3H3. The van der Waals surface area contributed by atoms with Gasteiger partial charge in [0.2, 0.25) is 0 Å². The van der Waals surface area contributed by atoms with Crippen molar-refractivity contribution in [1.29, 1.82) is 0 Å². The second-order valence-electron chi connectivity index (χ2n) is 4.12. The maximum Gasteiger partial charge on any atom is 0.159 e. The zero-order valence-corrected chi connectivity index (χ0v) is 10.9. The van der Waals surface area contributed by atoms with Crippen LogP contribution in [0, 0.1) is 0 Å². The molecule has 0 N–H and O–H groups in total. The highest BCUT2D eigenvalue weighted by atomic mass is 35.5. The summed E-state index contributed by atoms with van der Waals surface area (Å²) in [5, 5.41) is 0.510. The van der Waals surface area contributed by atoms with E-state index in [1.165, 1.54) is 6.33 Å². The summed E-state index contributed by atoms with van der Waals surface area (Å²) in [6.45, 7) is 7.08. The Morgan fingerprint density at radius 2 is 2.06 bits per heavy atom. The molecule has 0 aliphatic rings. The lowest BCUT2D eigenvalue weighted by molar-refractivity contribution is 0.760. The van der Waals surface area contributed by atoms with Gasteiger partial charge in [-0.15, -0.1) is 0 Å². The molecule has 17 heavy (non-hydrogen) atoms. The molecule has 0 fully saturated rings. The quantitative estimate of drug-likeness (QED) is 0.786. The van der Waals surface area contributed by atoms with Gasteiger partial charge in [0.1, 0.15) is 17.2 Å². The summed E-state index contributed by atoms with van der Waals surface area (Å²) in [4.78, 5) is 12.7. The summed E-state index contributed by atoms with van der Waals surface area (Å²) in [5.41, 5.74) is 1.78. The highest BCUT2D eigenvalue weighted by Crippen LogP contribution is 2.30. The van der Waals surface area contributed by atoms with E-state index in [1.54, 1.807) is 6.20 Å². The van der Waals surface area contributed by atoms with Gasteiger partial charge in [0.05, 0.1) is 0 Å². The number of rotatable bonds is 3. The fourth-order valence-electron chi connectivity index (χ4n) is 1.85. The van der Waals surface area contributed by atoms with E-state index in [0.717, 1.165) is 23.6 Å². The molecule has 2 aromatic rings. The van der Waals surface area contributed by atoms with Gasteiger partial charge < -0.3 is 4.57 Å². The van der Waals surface area contributed by atoms with Crippen LogP contribution in [0.5, 0.6) is 0 Å². The third-order valence-electron chi connectivity index (χ3n) is 2.68. The van der Waals surface area contributed by atoms with Crippen molar-refractivity contribution in [3.63, 3.8) is 0 Å². The van der Waals surface area contributed by atoms with Crippen LogP contribution in [0.15, 0.2) is 18.7 Å². The zero-order chi connectivity index (χ0) is 12.4. The maximum atomic E-state index is 6.15. The maximum absolute atomic E-state index is 6.15. The second-order valence-corrected chi connectivity index (χ2v) is 4.48. The SMILES string of the molecule is CCn1ccnc1-c1ncnc(Cl)c1C(C)C. The van der Waals surface area contributed by atoms with E-state index < -0.39 is 0 Å². The van der Waals surface area contributed by atoms with Gasteiger partial charge in [-0.3, -0.25) is 0 Å². The average Bonchev–Trinajstić information content (AvgIpc) is 2.75. The Balaban J connectivity index is 2.63. The van der Waals surface area contributed by atoms with E-state index >= 15 is 0 Å². The van der Waals surface area contributed by atoms with E-state index in [1.807, 2.05) is 10.8 Å². The van der Waals surface area contributed by atoms with Crippen LogP contribution < -0.4 is 0 Å². The van der Waals surface area contributed by atoms with Crippen LogP contribution in [0.3, 0.4) is 0 Å². The predicted octanol–water partition coefficient (Wildman–Crippen LogP) is 3.14. The fourth-order valence-corrected chi connectivity index (χ4v) is 2.20. The van der Waals surface area contributed by atoms with E-state index in [-0.39, 0.29) is 5.92 Å². The van der Waals surface area contributed by atoms with Crippen LogP contribution in [0.1, 0.15) is 32.3 Å². The first-order chi connectivity index (χ1) is 8.15. The summed E-state index contributed by atoms with van der Waals surface area (Å²) in [5.74, 6) is 1.11. The van der Waals surface area contributed by atoms with Crippen molar-refractivity contribution in [2.45, 2.75) is 33.2 Å². The number of hydrogen-bond acceptors (Lipinski definition) is 3. The Hall–Kier alpha value is -1.42. The largest absolute Gasteiger partial charge is 0.330 e. The molecule has 0 atom stereocenters. The monoisotopic (exact) mass is 250 g/mol. The van der Waals surface area contributed by atoms with Crippen molar-refractivity contribution in [1.82, 2.24) is 19.5 Å². The van der Waals surface area contributed by atoms with E-state index in [0.29, 0.717) is 5.15 Å². The zero-order valence-electron chi connectivity index (χ0n) is 10.2. The van der Waals surface area contributed by atoms with E-state index in [2.05, 4.69) is 35.7 Å². The number of aromatic nitrogens is 4. The molecule has 5 heteroatoms. The fraction of sp³-hybridized carbons (Fsp3) is 0.417. The van der Waals surface area contributed by atoms with Gasteiger partial charge in [0, 0.05) is 24.5 Å². The third-order valence-corrected chi connectivity index (χ3v) is 2.98. The summed E-state index contributed by atoms with van der Waals surface area (Å²) in [7, 11) is 0. The Labute approximate surface area is 106 Å². The Bertz CT molecular complexity index is 519. The number of nitrogens with zero attached hydrogens (tertiary/aromatic N) is 4. The van der Waals surface area contributed by atoms with Crippen molar-refractivity contribution in [2.24, 2.45) is 0 Å². The highest BCUT2D eigenvalue weighted by Gasteiger charge is 2.17. The van der Waals surface area contributed by atoms with E-state index in [4.69, 9.17) is 11.6 Å². The first kappa shape index (κ1) is 12.0. The summed E-state index contributed by atoms with van der Waals surface area (Å²) in [6.07, 6.45) is 5.20. The van der Waals surface area contributed by atoms with Crippen LogP contribution in [-0.2, 0) is 6.54 Å². The van der Waals surface area contributed by atoms with Gasteiger partial charge in [0.15, 0.2) is 5.82 Å². The molecule has 0 bridgehead atoms. The van der Waals surface area contributed by atoms with Crippen molar-refractivity contribution in [3.05, 3.63) is 29.4 Å². The predicted molar refractivity (Wildman–Crippen MR) is 68.0 cm³/mol. The number of imidazole rings is 1. The Morgan fingerprint density at radius 3 is 2.71 bits per heavy atom. The molecule has 2 aromatic heterocycles. The number of halogens is 1. The summed E-state index contributed by atoms with van der Waals surface area (Å²) in [6, 6.07) is 0. The Morgan fingerprint density at radius 1 is 1.29 bits per heavy atom. The lowest BCUT2D eigenvalue weighted by Crippen LogP contribution is -2.04. The van der Waals surface area contributed by atoms with Crippen LogP contribution >= 0.6 is 11.6 Å². The van der Waals surface area contributed by atoms with Crippen molar-refractivity contribution in [2.75, 3.05) is 0 Å². The molecule has 0 aliphatic carbocycles. The molecule has 4 nitrogen and oxygen atoms in total. The smallest absolute Gasteiger partial charge is 0.159 e. The van der Waals surface area contributed by atoms with Crippen LogP contribution in [0.25, 0.3) is 11.5 Å². The van der Waals surface area contributed by atoms with Gasteiger partial charge in [-0.1, -0.05) is 25.4 Å². The molecule has 0 amide bonds. The molecule has 0 unspecified atom stereocenters. The van der Waals surface area contributed by atoms with Crippen LogP contribution in [-0.4, -0.2) is 19.5 Å². The molecule has 0 aliphatic heterocycles. The van der Waals surface area contributed by atoms with Gasteiger partial charge in [-0.05, 0) is 12.8 Å². The normalized spacial score (nSPS) is 11.1. The molecule has 0 aromatic carbocycles. The minimum Gasteiger partial charge on any atom is -0.330 e. The average molecular weight is 251 g/mol. The van der Waals surface area contributed by atoms with Crippen molar-refractivity contribution in [3.8, 4) is 11.5 Å². The molecule has 0 spiro atoms. The molecule has 0 saturated carbocycles. The minimum absolute atomic E-state index is 0.265. The Kier molecular flexibility index (Phi) is 3.43. The van der Waals surface area contributed by atoms with Gasteiger partial charge in [0.25, 0.3) is 0 Å². The molecule has 2 rings (SSSR count). The molecule has 2 heterocycles. The van der Waals surface area contributed by atoms with Gasteiger partial charge in [-0.2, -0.15) is 0 Å². The van der Waals surface area contributed by atoms with Crippen molar-refractivity contribution < 1.29 is 0 Å². The molecule has 90 valence electrons. The van der Waals surface area contributed by atoms with Crippen LogP contribution in [0.2, 0.25) is 5.15 Å². The number of aryl methyl sites for hydroxylation is 1. The molecular formula is C12H15ClN4. The summed E-state index contributed by atoms with van der Waals surface area (Å²) >= 11 is 6.15. The van der Waals surface area contributed by atoms with Crippen molar-refractivity contribution >= 4 is 11.6 Å². The van der Waals surface area contributed by atoms with Gasteiger partial charge in [-0.25, -0.2) is 15.0 Å². The molecule has 0 radical (unpaired) electrons. The topological polar surface area (TPSA) is 43.6 Å². The third kappa shape index (κ3) is 2.17.